The Balaban J connectivity index is 1.44. The highest BCUT2D eigenvalue weighted by atomic mass is 16.5. The van der Waals surface area contributed by atoms with Gasteiger partial charge in [-0.15, -0.1) is 0 Å². The van der Waals surface area contributed by atoms with Gasteiger partial charge in [-0.25, -0.2) is 0 Å². The van der Waals surface area contributed by atoms with E-state index in [9.17, 15) is 9.59 Å². The van der Waals surface area contributed by atoms with Gasteiger partial charge in [0.25, 0.3) is 0 Å². The van der Waals surface area contributed by atoms with Gasteiger partial charge in [0, 0.05) is 18.8 Å². The first-order valence-corrected chi connectivity index (χ1v) is 9.48. The van der Waals surface area contributed by atoms with Gasteiger partial charge in [0.2, 0.25) is 0 Å². The van der Waals surface area contributed by atoms with Crippen molar-refractivity contribution < 1.29 is 14.3 Å². The Bertz CT molecular complexity index is 495. The fourth-order valence-electron chi connectivity index (χ4n) is 3.36. The number of unbranched alkanes of at least 4 members (excludes halogenated alkanes) is 2. The molecule has 24 heavy (non-hydrogen) atoms. The summed E-state index contributed by atoms with van der Waals surface area (Å²) in [5.41, 5.74) is 1.37. The molecule has 1 aliphatic rings. The average Bonchev–Trinajstić information content (AvgIpc) is 2.60. The maximum atomic E-state index is 11.7. The van der Waals surface area contributed by atoms with Crippen molar-refractivity contribution in [2.45, 2.75) is 70.6 Å². The molecule has 1 fully saturated rings. The lowest BCUT2D eigenvalue weighted by Crippen LogP contribution is -2.19. The zero-order chi connectivity index (χ0) is 17.0. The Kier molecular flexibility index (Phi) is 8.58. The minimum absolute atomic E-state index is 0.110. The van der Waals surface area contributed by atoms with E-state index in [1.807, 2.05) is 6.07 Å². The van der Waals surface area contributed by atoms with Crippen molar-refractivity contribution in [3.05, 3.63) is 35.9 Å². The highest BCUT2D eigenvalue weighted by Gasteiger charge is 2.21. The maximum Gasteiger partial charge on any atom is 0.305 e. The molecule has 0 aromatic heterocycles. The van der Waals surface area contributed by atoms with Crippen molar-refractivity contribution in [2.24, 2.45) is 5.92 Å². The molecular weight excluding hydrogens is 300 g/mol. The third kappa shape index (κ3) is 7.29. The van der Waals surface area contributed by atoms with E-state index in [2.05, 4.69) is 24.3 Å². The van der Waals surface area contributed by atoms with E-state index >= 15 is 0 Å². The first-order chi connectivity index (χ1) is 11.8. The van der Waals surface area contributed by atoms with Crippen LogP contribution in [0.5, 0.6) is 0 Å². The third-order valence-corrected chi connectivity index (χ3v) is 4.83. The van der Waals surface area contributed by atoms with Crippen LogP contribution in [0.2, 0.25) is 0 Å². The Morgan fingerprint density at radius 1 is 1.04 bits per heavy atom. The van der Waals surface area contributed by atoms with Crippen LogP contribution in [0.4, 0.5) is 0 Å². The Hall–Kier alpha value is -1.64. The quantitative estimate of drug-likeness (QED) is 0.454. The number of Topliss-reactive ketones (excluding diaryl/α,β-unsaturated/α-hetero) is 1. The Morgan fingerprint density at radius 2 is 1.88 bits per heavy atom. The van der Waals surface area contributed by atoms with Crippen LogP contribution in [0.15, 0.2) is 30.3 Å². The summed E-state index contributed by atoms with van der Waals surface area (Å²) in [5.74, 6) is 0.485. The maximum absolute atomic E-state index is 11.7. The molecule has 1 unspecified atom stereocenters. The number of hydrogen-bond acceptors (Lipinski definition) is 3. The number of rotatable bonds is 10. The number of hydrogen-bond donors (Lipinski definition) is 0. The van der Waals surface area contributed by atoms with Crippen LogP contribution in [0.3, 0.4) is 0 Å². The summed E-state index contributed by atoms with van der Waals surface area (Å²) in [6.07, 6.45) is 10.3. The number of esters is 1. The molecule has 3 nitrogen and oxygen atoms in total. The van der Waals surface area contributed by atoms with Crippen molar-refractivity contribution in [2.75, 3.05) is 6.61 Å². The largest absolute Gasteiger partial charge is 0.466 e. The van der Waals surface area contributed by atoms with Gasteiger partial charge in [0.05, 0.1) is 6.61 Å². The van der Waals surface area contributed by atoms with E-state index in [0.29, 0.717) is 18.8 Å². The van der Waals surface area contributed by atoms with Gasteiger partial charge in [-0.2, -0.15) is 0 Å². The number of benzene rings is 1. The lowest BCUT2D eigenvalue weighted by Gasteiger charge is -2.19. The smallest absolute Gasteiger partial charge is 0.305 e. The first-order valence-electron chi connectivity index (χ1n) is 9.48. The minimum Gasteiger partial charge on any atom is -0.466 e. The van der Waals surface area contributed by atoms with Crippen molar-refractivity contribution in [3.63, 3.8) is 0 Å². The zero-order valence-corrected chi connectivity index (χ0v) is 14.7. The number of ketones is 1. The van der Waals surface area contributed by atoms with Gasteiger partial charge < -0.3 is 4.74 Å². The summed E-state index contributed by atoms with van der Waals surface area (Å²) in [7, 11) is 0. The molecule has 0 amide bonds. The molecule has 0 spiro atoms. The van der Waals surface area contributed by atoms with E-state index in [1.165, 1.54) is 5.56 Å². The van der Waals surface area contributed by atoms with Gasteiger partial charge in [0.1, 0.15) is 5.78 Å². The van der Waals surface area contributed by atoms with E-state index < -0.39 is 0 Å². The van der Waals surface area contributed by atoms with Crippen LogP contribution < -0.4 is 0 Å². The summed E-state index contributed by atoms with van der Waals surface area (Å²) in [6, 6.07) is 10.5. The lowest BCUT2D eigenvalue weighted by atomic mass is 9.84. The average molecular weight is 330 g/mol. The van der Waals surface area contributed by atoms with E-state index in [4.69, 9.17) is 4.74 Å². The monoisotopic (exact) mass is 330 g/mol. The van der Waals surface area contributed by atoms with Gasteiger partial charge in [-0.1, -0.05) is 36.8 Å². The number of aryl methyl sites for hydroxylation is 1. The molecule has 1 aliphatic carbocycles. The van der Waals surface area contributed by atoms with E-state index in [-0.39, 0.29) is 11.9 Å². The predicted molar refractivity (Wildman–Crippen MR) is 95.8 cm³/mol. The standard InChI is InChI=1S/C21H30O3/c22-20-15-7-6-13-19(20)14-9-16-21(23)24-17-8-2-5-12-18-10-3-1-4-11-18/h1,3-4,10-11,19H,2,5-9,12-17H2. The predicted octanol–water partition coefficient (Wildman–Crippen LogP) is 4.87. The molecular formula is C21H30O3. The van der Waals surface area contributed by atoms with Crippen LogP contribution in [0.1, 0.15) is 69.8 Å². The van der Waals surface area contributed by atoms with Crippen LogP contribution in [-0.4, -0.2) is 18.4 Å². The van der Waals surface area contributed by atoms with Crippen LogP contribution in [0, 0.1) is 5.92 Å². The van der Waals surface area contributed by atoms with Crippen LogP contribution in [0.25, 0.3) is 0 Å². The molecule has 0 bridgehead atoms. The number of ether oxygens (including phenoxy) is 1. The lowest BCUT2D eigenvalue weighted by molar-refractivity contribution is -0.144. The van der Waals surface area contributed by atoms with Crippen LogP contribution >= 0.6 is 0 Å². The van der Waals surface area contributed by atoms with E-state index in [1.54, 1.807) is 0 Å². The van der Waals surface area contributed by atoms with Crippen molar-refractivity contribution in [1.82, 2.24) is 0 Å². The SMILES string of the molecule is O=C(CCCC1CCCCC1=O)OCCCCCc1ccccc1. The molecule has 132 valence electrons. The summed E-state index contributed by atoms with van der Waals surface area (Å²) in [4.78, 5) is 23.4. The second-order valence-electron chi connectivity index (χ2n) is 6.82. The van der Waals surface area contributed by atoms with Gasteiger partial charge in [0.15, 0.2) is 0 Å². The second-order valence-corrected chi connectivity index (χ2v) is 6.82. The summed E-state index contributed by atoms with van der Waals surface area (Å²) in [6.45, 7) is 0.524. The van der Waals surface area contributed by atoms with Crippen molar-refractivity contribution in [1.29, 1.82) is 0 Å². The third-order valence-electron chi connectivity index (χ3n) is 4.83. The molecule has 0 heterocycles. The fourth-order valence-corrected chi connectivity index (χ4v) is 3.36. The van der Waals surface area contributed by atoms with E-state index in [0.717, 1.165) is 64.2 Å². The molecule has 1 saturated carbocycles. The summed E-state index contributed by atoms with van der Waals surface area (Å²) in [5, 5.41) is 0. The Morgan fingerprint density at radius 3 is 2.67 bits per heavy atom. The summed E-state index contributed by atoms with van der Waals surface area (Å²) >= 11 is 0. The molecule has 1 aromatic rings. The van der Waals surface area contributed by atoms with Crippen molar-refractivity contribution in [3.8, 4) is 0 Å². The van der Waals surface area contributed by atoms with Gasteiger partial charge in [-0.05, 0) is 56.9 Å². The molecule has 0 N–H and O–H groups in total. The van der Waals surface area contributed by atoms with Crippen molar-refractivity contribution >= 4 is 11.8 Å². The van der Waals surface area contributed by atoms with Gasteiger partial charge >= 0.3 is 5.97 Å². The van der Waals surface area contributed by atoms with Gasteiger partial charge in [-0.3, -0.25) is 9.59 Å². The Labute approximate surface area is 145 Å². The number of carbonyl (C=O) groups excluding carboxylic acids is 2. The first kappa shape index (κ1) is 18.7. The fraction of sp³-hybridized carbons (Fsp3) is 0.619. The highest BCUT2D eigenvalue weighted by Crippen LogP contribution is 2.25. The van der Waals surface area contributed by atoms with Crippen LogP contribution in [-0.2, 0) is 20.7 Å². The summed E-state index contributed by atoms with van der Waals surface area (Å²) < 4.78 is 5.29. The zero-order valence-electron chi connectivity index (χ0n) is 14.7. The molecule has 1 aromatic carbocycles. The molecule has 0 aliphatic heterocycles. The molecule has 0 saturated heterocycles. The number of carbonyl (C=O) groups is 2. The minimum atomic E-state index is -0.110. The topological polar surface area (TPSA) is 43.4 Å². The second kappa shape index (κ2) is 11.0. The normalized spacial score (nSPS) is 17.7. The molecule has 1 atom stereocenters. The highest BCUT2D eigenvalue weighted by molar-refractivity contribution is 5.81. The molecule has 2 rings (SSSR count). The molecule has 0 radical (unpaired) electrons. The molecule has 3 heteroatoms.